The van der Waals surface area contributed by atoms with Crippen molar-refractivity contribution < 1.29 is 14.3 Å². The van der Waals surface area contributed by atoms with Crippen LogP contribution in [0.4, 0.5) is 0 Å². The number of allylic oxidation sites excluding steroid dienone is 1. The van der Waals surface area contributed by atoms with Crippen LogP contribution in [0.25, 0.3) is 11.3 Å². The lowest BCUT2D eigenvalue weighted by Crippen LogP contribution is -2.19. The number of nitrogens with zero attached hydrogens (tertiary/aromatic N) is 3. The molecule has 0 saturated carbocycles. The maximum Gasteiger partial charge on any atom is 0.341 e. The molecule has 176 valence electrons. The van der Waals surface area contributed by atoms with Crippen LogP contribution in [0.3, 0.4) is 0 Å². The molecule has 3 rings (SSSR count). The molecule has 0 bridgehead atoms. The molecule has 1 unspecified atom stereocenters. The first kappa shape index (κ1) is 24.8. The van der Waals surface area contributed by atoms with Gasteiger partial charge in [-0.15, -0.1) is 0 Å². The van der Waals surface area contributed by atoms with Gasteiger partial charge < -0.3 is 9.47 Å². The van der Waals surface area contributed by atoms with E-state index in [0.717, 1.165) is 11.3 Å². The van der Waals surface area contributed by atoms with Gasteiger partial charge in [0.05, 0.1) is 11.3 Å². The number of rotatable bonds is 7. The second-order valence-electron chi connectivity index (χ2n) is 9.09. The number of aromatic nitrogens is 2. The predicted octanol–water partition coefficient (Wildman–Crippen LogP) is 6.12. The lowest BCUT2D eigenvalue weighted by molar-refractivity contribution is -0.0515. The fraction of sp³-hybridized carbons (Fsp3) is 0.321. The Balaban J connectivity index is 2.03. The Labute approximate surface area is 201 Å². The summed E-state index contributed by atoms with van der Waals surface area (Å²) in [4.78, 5) is 12.5. The molecule has 0 radical (unpaired) electrons. The van der Waals surface area contributed by atoms with Gasteiger partial charge in [0.15, 0.2) is 5.76 Å². The van der Waals surface area contributed by atoms with Gasteiger partial charge in [-0.2, -0.15) is 10.4 Å². The Kier molecular flexibility index (Phi) is 7.57. The number of aryl methyl sites for hydroxylation is 2. The van der Waals surface area contributed by atoms with Crippen molar-refractivity contribution in [1.29, 1.82) is 5.26 Å². The SMILES string of the molecule is CCn1nc(C)cc1/C(OC(C)OC(=O)c1ccccc1)=C(\C#N)c1ccc(C(C)(C)C)cc1. The van der Waals surface area contributed by atoms with E-state index in [9.17, 15) is 10.1 Å². The summed E-state index contributed by atoms with van der Waals surface area (Å²) in [5, 5.41) is 14.7. The molecule has 0 N–H and O–H groups in total. The lowest BCUT2D eigenvalue weighted by atomic mass is 9.86. The highest BCUT2D eigenvalue weighted by Crippen LogP contribution is 2.31. The smallest absolute Gasteiger partial charge is 0.341 e. The number of esters is 1. The normalized spacial score (nSPS) is 13.0. The second-order valence-corrected chi connectivity index (χ2v) is 9.09. The third kappa shape index (κ3) is 5.74. The zero-order valence-corrected chi connectivity index (χ0v) is 20.6. The van der Waals surface area contributed by atoms with Crippen molar-refractivity contribution in [3.63, 3.8) is 0 Å². The molecule has 0 amide bonds. The van der Waals surface area contributed by atoms with Crippen LogP contribution in [0.5, 0.6) is 0 Å². The van der Waals surface area contributed by atoms with Crippen molar-refractivity contribution in [2.75, 3.05) is 0 Å². The molecule has 0 spiro atoms. The summed E-state index contributed by atoms with van der Waals surface area (Å²) < 4.78 is 13.4. The van der Waals surface area contributed by atoms with E-state index in [2.05, 4.69) is 31.9 Å². The minimum absolute atomic E-state index is 0.00746. The highest BCUT2D eigenvalue weighted by atomic mass is 16.7. The Morgan fingerprint density at radius 1 is 1.06 bits per heavy atom. The molecule has 6 heteroatoms. The summed E-state index contributed by atoms with van der Waals surface area (Å²) in [5.41, 5.74) is 4.09. The first-order valence-electron chi connectivity index (χ1n) is 11.4. The van der Waals surface area contributed by atoms with Gasteiger partial charge in [-0.1, -0.05) is 63.2 Å². The van der Waals surface area contributed by atoms with Gasteiger partial charge >= 0.3 is 5.97 Å². The van der Waals surface area contributed by atoms with E-state index < -0.39 is 12.3 Å². The van der Waals surface area contributed by atoms with Gasteiger partial charge in [0.2, 0.25) is 6.29 Å². The van der Waals surface area contributed by atoms with E-state index in [0.29, 0.717) is 34.7 Å². The molecule has 1 aromatic heterocycles. The fourth-order valence-corrected chi connectivity index (χ4v) is 3.58. The van der Waals surface area contributed by atoms with Gasteiger partial charge in [-0.25, -0.2) is 4.79 Å². The average molecular weight is 458 g/mol. The van der Waals surface area contributed by atoms with E-state index in [1.165, 1.54) is 0 Å². The number of carbonyl (C=O) groups is 1. The van der Waals surface area contributed by atoms with E-state index in [-0.39, 0.29) is 5.41 Å². The summed E-state index contributed by atoms with van der Waals surface area (Å²) in [6, 6.07) is 20.8. The van der Waals surface area contributed by atoms with E-state index in [1.807, 2.05) is 50.2 Å². The monoisotopic (exact) mass is 457 g/mol. The maximum absolute atomic E-state index is 12.5. The Bertz CT molecular complexity index is 1210. The van der Waals surface area contributed by atoms with Gasteiger partial charge in [-0.3, -0.25) is 4.68 Å². The van der Waals surface area contributed by atoms with Crippen molar-refractivity contribution in [2.45, 2.75) is 59.8 Å². The Morgan fingerprint density at radius 2 is 1.71 bits per heavy atom. The Hall–Kier alpha value is -3.85. The number of hydrogen-bond donors (Lipinski definition) is 0. The number of carbonyl (C=O) groups excluding carboxylic acids is 1. The molecule has 3 aromatic rings. The minimum atomic E-state index is -0.930. The Morgan fingerprint density at radius 3 is 2.26 bits per heavy atom. The molecule has 0 saturated heterocycles. The second kappa shape index (κ2) is 10.4. The van der Waals surface area contributed by atoms with Crippen LogP contribution in [-0.4, -0.2) is 22.0 Å². The van der Waals surface area contributed by atoms with Crippen LogP contribution >= 0.6 is 0 Å². The molecule has 0 aliphatic rings. The van der Waals surface area contributed by atoms with Crippen LogP contribution in [0, 0.1) is 18.3 Å². The summed E-state index contributed by atoms with van der Waals surface area (Å²) >= 11 is 0. The molecule has 0 fully saturated rings. The zero-order valence-electron chi connectivity index (χ0n) is 20.6. The molecular weight excluding hydrogens is 426 g/mol. The van der Waals surface area contributed by atoms with Crippen molar-refractivity contribution in [1.82, 2.24) is 9.78 Å². The molecule has 1 heterocycles. The van der Waals surface area contributed by atoms with E-state index >= 15 is 0 Å². The zero-order chi connectivity index (χ0) is 24.9. The highest BCUT2D eigenvalue weighted by Gasteiger charge is 2.23. The van der Waals surface area contributed by atoms with Crippen molar-refractivity contribution in [3.05, 3.63) is 88.7 Å². The molecule has 1 atom stereocenters. The number of hydrogen-bond acceptors (Lipinski definition) is 5. The van der Waals surface area contributed by atoms with Crippen LogP contribution in [0.15, 0.2) is 60.7 Å². The third-order valence-electron chi connectivity index (χ3n) is 5.38. The largest absolute Gasteiger partial charge is 0.451 e. The molecule has 0 aliphatic carbocycles. The molecule has 2 aromatic carbocycles. The summed E-state index contributed by atoms with van der Waals surface area (Å²) in [6.45, 7) is 12.5. The summed E-state index contributed by atoms with van der Waals surface area (Å²) in [7, 11) is 0. The standard InChI is InChI=1S/C28H31N3O3/c1-7-31-25(17-19(2)30-31)26(33-20(3)34-27(32)22-11-9-8-10-12-22)24(18-29)21-13-15-23(16-14-21)28(4,5)6/h8-17,20H,7H2,1-6H3/b26-24-. The number of ether oxygens (including phenoxy) is 2. The number of nitriles is 1. The van der Waals surface area contributed by atoms with Crippen molar-refractivity contribution in [2.24, 2.45) is 0 Å². The number of benzene rings is 2. The van der Waals surface area contributed by atoms with Crippen LogP contribution in [0.2, 0.25) is 0 Å². The van der Waals surface area contributed by atoms with Crippen LogP contribution < -0.4 is 0 Å². The average Bonchev–Trinajstić information content (AvgIpc) is 3.19. The van der Waals surface area contributed by atoms with Gasteiger partial charge in [0.25, 0.3) is 0 Å². The van der Waals surface area contributed by atoms with Crippen molar-refractivity contribution in [3.8, 4) is 6.07 Å². The quantitative estimate of drug-likeness (QED) is 0.185. The van der Waals surface area contributed by atoms with Crippen LogP contribution in [0.1, 0.15) is 67.5 Å². The molecule has 0 aliphatic heterocycles. The van der Waals surface area contributed by atoms with E-state index in [4.69, 9.17) is 9.47 Å². The highest BCUT2D eigenvalue weighted by molar-refractivity contribution is 5.94. The fourth-order valence-electron chi connectivity index (χ4n) is 3.58. The minimum Gasteiger partial charge on any atom is -0.451 e. The third-order valence-corrected chi connectivity index (χ3v) is 5.38. The van der Waals surface area contributed by atoms with Gasteiger partial charge in [-0.05, 0) is 48.6 Å². The van der Waals surface area contributed by atoms with Gasteiger partial charge in [0, 0.05) is 13.5 Å². The maximum atomic E-state index is 12.5. The first-order valence-corrected chi connectivity index (χ1v) is 11.4. The topological polar surface area (TPSA) is 77.1 Å². The lowest BCUT2D eigenvalue weighted by Gasteiger charge is -2.21. The van der Waals surface area contributed by atoms with E-state index in [1.54, 1.807) is 35.9 Å². The van der Waals surface area contributed by atoms with Crippen LogP contribution in [-0.2, 0) is 21.4 Å². The summed E-state index contributed by atoms with van der Waals surface area (Å²) in [5.74, 6) is -0.178. The molecule has 34 heavy (non-hydrogen) atoms. The predicted molar refractivity (Wildman–Crippen MR) is 133 cm³/mol. The summed E-state index contributed by atoms with van der Waals surface area (Å²) in [6.07, 6.45) is -0.930. The van der Waals surface area contributed by atoms with Gasteiger partial charge in [0.1, 0.15) is 17.3 Å². The molecule has 6 nitrogen and oxygen atoms in total. The first-order chi connectivity index (χ1) is 16.1. The van der Waals surface area contributed by atoms with Crippen molar-refractivity contribution >= 4 is 17.3 Å². The molecular formula is C28H31N3O3.